The van der Waals surface area contributed by atoms with Crippen LogP contribution in [0.25, 0.3) is 0 Å². The number of fused-ring (bicyclic) bond motifs is 1. The molecule has 0 spiro atoms. The third kappa shape index (κ3) is 3.64. The van der Waals surface area contributed by atoms with Gasteiger partial charge in [0.1, 0.15) is 0 Å². The van der Waals surface area contributed by atoms with Crippen molar-refractivity contribution in [3.63, 3.8) is 0 Å². The van der Waals surface area contributed by atoms with Crippen molar-refractivity contribution < 1.29 is 4.74 Å². The Morgan fingerprint density at radius 2 is 1.81 bits per heavy atom. The summed E-state index contributed by atoms with van der Waals surface area (Å²) in [5.41, 5.74) is 3.57. The first-order chi connectivity index (χ1) is 12.7. The Balaban J connectivity index is 1.44. The number of halogens is 1. The molecule has 1 aromatic heterocycles. The van der Waals surface area contributed by atoms with Crippen LogP contribution in [-0.4, -0.2) is 48.2 Å². The Labute approximate surface area is 160 Å². The lowest BCUT2D eigenvalue weighted by molar-refractivity contribution is 0.248. The zero-order valence-electron chi connectivity index (χ0n) is 15.2. The number of aryl methyl sites for hydroxylation is 1. The summed E-state index contributed by atoms with van der Waals surface area (Å²) in [5.74, 6) is 1.59. The largest absolute Gasteiger partial charge is 0.481 e. The number of anilines is 1. The summed E-state index contributed by atoms with van der Waals surface area (Å²) in [7, 11) is 1.71. The normalized spacial score (nSPS) is 17.8. The van der Waals surface area contributed by atoms with Crippen molar-refractivity contribution >= 4 is 17.5 Å². The van der Waals surface area contributed by atoms with Crippen LogP contribution in [0.3, 0.4) is 0 Å². The molecule has 1 aromatic carbocycles. The van der Waals surface area contributed by atoms with Gasteiger partial charge in [0.05, 0.1) is 12.8 Å². The van der Waals surface area contributed by atoms with Crippen molar-refractivity contribution in [2.24, 2.45) is 0 Å². The van der Waals surface area contributed by atoms with Gasteiger partial charge in [-0.15, -0.1) is 0 Å². The fourth-order valence-corrected chi connectivity index (χ4v) is 4.03. The van der Waals surface area contributed by atoms with Crippen molar-refractivity contribution in [1.82, 2.24) is 14.9 Å². The highest BCUT2D eigenvalue weighted by Gasteiger charge is 2.24. The fourth-order valence-electron chi connectivity index (χ4n) is 3.83. The summed E-state index contributed by atoms with van der Waals surface area (Å²) in [6.45, 7) is 4.70. The highest BCUT2D eigenvalue weighted by molar-refractivity contribution is 6.31. The average Bonchev–Trinajstić information content (AvgIpc) is 2.69. The Morgan fingerprint density at radius 3 is 2.58 bits per heavy atom. The fraction of sp³-hybridized carbons (Fsp3) is 0.500. The molecule has 0 bridgehead atoms. The Morgan fingerprint density at radius 1 is 1.04 bits per heavy atom. The lowest BCUT2D eigenvalue weighted by atomic mass is 9.97. The van der Waals surface area contributed by atoms with Crippen molar-refractivity contribution in [2.75, 3.05) is 38.2 Å². The summed E-state index contributed by atoms with van der Waals surface area (Å²) < 4.78 is 5.55. The minimum Gasteiger partial charge on any atom is -0.481 e. The van der Waals surface area contributed by atoms with Gasteiger partial charge in [0.15, 0.2) is 0 Å². The van der Waals surface area contributed by atoms with E-state index < -0.39 is 0 Å². The van der Waals surface area contributed by atoms with Crippen LogP contribution in [-0.2, 0) is 19.4 Å². The molecule has 5 nitrogen and oxygen atoms in total. The van der Waals surface area contributed by atoms with Crippen molar-refractivity contribution in [3.05, 3.63) is 46.1 Å². The van der Waals surface area contributed by atoms with Gasteiger partial charge in [0.25, 0.3) is 0 Å². The third-order valence-corrected chi connectivity index (χ3v) is 5.70. The summed E-state index contributed by atoms with van der Waals surface area (Å²) in [4.78, 5) is 14.3. The van der Waals surface area contributed by atoms with E-state index in [1.54, 1.807) is 7.11 Å². The summed E-state index contributed by atoms with van der Waals surface area (Å²) >= 11 is 6.30. The molecule has 1 aliphatic carbocycles. The Kier molecular flexibility index (Phi) is 5.27. The van der Waals surface area contributed by atoms with E-state index in [0.29, 0.717) is 0 Å². The van der Waals surface area contributed by atoms with Gasteiger partial charge in [-0.05, 0) is 37.3 Å². The SMILES string of the molecule is COc1nc(N2CCN(Cc3ccccc3Cl)CC2)nc2c1CCCC2. The maximum absolute atomic E-state index is 6.30. The van der Waals surface area contributed by atoms with Gasteiger partial charge in [-0.1, -0.05) is 29.8 Å². The summed E-state index contributed by atoms with van der Waals surface area (Å²) in [6.07, 6.45) is 4.48. The zero-order chi connectivity index (χ0) is 17.9. The van der Waals surface area contributed by atoms with E-state index in [-0.39, 0.29) is 0 Å². The summed E-state index contributed by atoms with van der Waals surface area (Å²) in [6, 6.07) is 8.09. The lowest BCUT2D eigenvalue weighted by Crippen LogP contribution is -2.46. The number of hydrogen-bond donors (Lipinski definition) is 0. The Hall–Kier alpha value is -1.85. The molecule has 6 heteroatoms. The maximum Gasteiger partial charge on any atom is 0.228 e. The third-order valence-electron chi connectivity index (χ3n) is 5.33. The molecule has 2 aromatic rings. The van der Waals surface area contributed by atoms with E-state index in [1.807, 2.05) is 18.2 Å². The molecule has 0 N–H and O–H groups in total. The smallest absolute Gasteiger partial charge is 0.228 e. The highest BCUT2D eigenvalue weighted by atomic mass is 35.5. The second-order valence-corrected chi connectivity index (χ2v) is 7.43. The molecular weight excluding hydrogens is 348 g/mol. The molecular formula is C20H25ClN4O. The number of ether oxygens (including phenoxy) is 1. The number of piperazine rings is 1. The van der Waals surface area contributed by atoms with Gasteiger partial charge in [-0.2, -0.15) is 4.98 Å². The number of rotatable bonds is 4. The molecule has 1 fully saturated rings. The van der Waals surface area contributed by atoms with Crippen LogP contribution in [0.1, 0.15) is 29.7 Å². The standard InChI is InChI=1S/C20H25ClN4O/c1-26-19-16-7-3-5-9-18(16)22-20(23-19)25-12-10-24(11-13-25)14-15-6-2-4-8-17(15)21/h2,4,6,8H,3,5,7,9-14H2,1H3. The first-order valence-electron chi connectivity index (χ1n) is 9.39. The van der Waals surface area contributed by atoms with E-state index >= 15 is 0 Å². The van der Waals surface area contributed by atoms with E-state index in [1.165, 1.54) is 29.7 Å². The van der Waals surface area contributed by atoms with E-state index in [4.69, 9.17) is 26.3 Å². The molecule has 4 rings (SSSR count). The van der Waals surface area contributed by atoms with Crippen molar-refractivity contribution in [2.45, 2.75) is 32.2 Å². The van der Waals surface area contributed by atoms with Gasteiger partial charge in [-0.25, -0.2) is 4.98 Å². The van der Waals surface area contributed by atoms with Crippen LogP contribution < -0.4 is 9.64 Å². The quantitative estimate of drug-likeness (QED) is 0.823. The number of methoxy groups -OCH3 is 1. The minimum atomic E-state index is 0.767. The molecule has 138 valence electrons. The molecule has 0 saturated carbocycles. The first kappa shape index (κ1) is 17.6. The van der Waals surface area contributed by atoms with Crippen LogP contribution in [0.4, 0.5) is 5.95 Å². The Bertz CT molecular complexity index is 757. The van der Waals surface area contributed by atoms with E-state index in [0.717, 1.165) is 62.4 Å². The molecule has 1 aliphatic heterocycles. The number of hydrogen-bond acceptors (Lipinski definition) is 5. The van der Waals surface area contributed by atoms with Crippen LogP contribution in [0.5, 0.6) is 5.88 Å². The predicted octanol–water partition coefficient (Wildman–Crippen LogP) is 3.34. The van der Waals surface area contributed by atoms with Crippen molar-refractivity contribution in [1.29, 1.82) is 0 Å². The van der Waals surface area contributed by atoms with Gasteiger partial charge < -0.3 is 9.64 Å². The van der Waals surface area contributed by atoms with Crippen LogP contribution >= 0.6 is 11.6 Å². The molecule has 0 unspecified atom stereocenters. The molecule has 2 aliphatic rings. The number of nitrogens with zero attached hydrogens (tertiary/aromatic N) is 4. The van der Waals surface area contributed by atoms with Crippen molar-refractivity contribution in [3.8, 4) is 5.88 Å². The van der Waals surface area contributed by atoms with Gasteiger partial charge in [0.2, 0.25) is 11.8 Å². The van der Waals surface area contributed by atoms with Gasteiger partial charge >= 0.3 is 0 Å². The molecule has 0 radical (unpaired) electrons. The van der Waals surface area contributed by atoms with E-state index in [9.17, 15) is 0 Å². The van der Waals surface area contributed by atoms with E-state index in [2.05, 4.69) is 15.9 Å². The molecule has 0 amide bonds. The second-order valence-electron chi connectivity index (χ2n) is 7.02. The topological polar surface area (TPSA) is 41.5 Å². The first-order valence-corrected chi connectivity index (χ1v) is 9.77. The molecule has 0 atom stereocenters. The number of benzene rings is 1. The lowest BCUT2D eigenvalue weighted by Gasteiger charge is -2.35. The van der Waals surface area contributed by atoms with Gasteiger partial charge in [-0.3, -0.25) is 4.90 Å². The zero-order valence-corrected chi connectivity index (χ0v) is 16.0. The summed E-state index contributed by atoms with van der Waals surface area (Å²) in [5, 5.41) is 0.845. The molecule has 26 heavy (non-hydrogen) atoms. The van der Waals surface area contributed by atoms with Gasteiger partial charge in [0, 0.05) is 43.3 Å². The molecule has 2 heterocycles. The number of aromatic nitrogens is 2. The maximum atomic E-state index is 6.30. The predicted molar refractivity (Wildman–Crippen MR) is 104 cm³/mol. The van der Waals surface area contributed by atoms with Crippen LogP contribution in [0, 0.1) is 0 Å². The van der Waals surface area contributed by atoms with Crippen LogP contribution in [0.2, 0.25) is 5.02 Å². The highest BCUT2D eigenvalue weighted by Crippen LogP contribution is 2.29. The monoisotopic (exact) mass is 372 g/mol. The second kappa shape index (κ2) is 7.80. The average molecular weight is 373 g/mol. The molecule has 1 saturated heterocycles. The minimum absolute atomic E-state index is 0.767. The van der Waals surface area contributed by atoms with Crippen LogP contribution in [0.15, 0.2) is 24.3 Å².